The highest BCUT2D eigenvalue weighted by molar-refractivity contribution is 7.15. The molecule has 27 heavy (non-hydrogen) atoms. The van der Waals surface area contributed by atoms with Crippen LogP contribution in [0.25, 0.3) is 0 Å². The number of amides is 1. The van der Waals surface area contributed by atoms with E-state index < -0.39 is 0 Å². The van der Waals surface area contributed by atoms with E-state index in [9.17, 15) is 4.79 Å². The highest BCUT2D eigenvalue weighted by Crippen LogP contribution is 2.25. The van der Waals surface area contributed by atoms with Gasteiger partial charge in [-0.2, -0.15) is 0 Å². The minimum atomic E-state index is -0.244. The SMILES string of the molecule is Cc1cnc(Nc2cccc(C3CN(C(=O)c4ccccc4)CCO3)n2)s1. The van der Waals surface area contributed by atoms with Crippen LogP contribution in [0.4, 0.5) is 10.9 Å². The number of benzene rings is 1. The average molecular weight is 380 g/mol. The summed E-state index contributed by atoms with van der Waals surface area (Å²) in [6.45, 7) is 3.58. The zero-order valence-corrected chi connectivity index (χ0v) is 15.8. The molecule has 4 rings (SSSR count). The van der Waals surface area contributed by atoms with Crippen LogP contribution in [0.2, 0.25) is 0 Å². The van der Waals surface area contributed by atoms with Crippen LogP contribution in [0.15, 0.2) is 54.7 Å². The smallest absolute Gasteiger partial charge is 0.254 e. The Kier molecular flexibility index (Phi) is 5.13. The summed E-state index contributed by atoms with van der Waals surface area (Å²) >= 11 is 1.58. The number of ether oxygens (including phenoxy) is 1. The maximum Gasteiger partial charge on any atom is 0.254 e. The summed E-state index contributed by atoms with van der Waals surface area (Å²) in [5.41, 5.74) is 1.50. The number of nitrogens with one attached hydrogen (secondary N) is 1. The van der Waals surface area contributed by atoms with Crippen molar-refractivity contribution in [3.05, 3.63) is 70.9 Å². The van der Waals surface area contributed by atoms with Crippen LogP contribution in [0.3, 0.4) is 0 Å². The summed E-state index contributed by atoms with van der Waals surface area (Å²) in [6, 6.07) is 15.1. The Morgan fingerprint density at radius 2 is 2.07 bits per heavy atom. The van der Waals surface area contributed by atoms with Crippen LogP contribution in [0.1, 0.15) is 27.0 Å². The fourth-order valence-electron chi connectivity index (χ4n) is 3.00. The van der Waals surface area contributed by atoms with E-state index in [1.54, 1.807) is 11.3 Å². The molecule has 0 aliphatic carbocycles. The third kappa shape index (κ3) is 4.15. The van der Waals surface area contributed by atoms with Gasteiger partial charge < -0.3 is 15.0 Å². The quantitative estimate of drug-likeness (QED) is 0.746. The summed E-state index contributed by atoms with van der Waals surface area (Å²) in [7, 11) is 0. The number of hydrogen-bond donors (Lipinski definition) is 1. The lowest BCUT2D eigenvalue weighted by Gasteiger charge is -2.32. The van der Waals surface area contributed by atoms with Crippen LogP contribution in [-0.4, -0.2) is 40.5 Å². The molecule has 2 aromatic heterocycles. The van der Waals surface area contributed by atoms with Crippen molar-refractivity contribution in [2.24, 2.45) is 0 Å². The van der Waals surface area contributed by atoms with Gasteiger partial charge in [0.05, 0.1) is 18.8 Å². The molecule has 1 N–H and O–H groups in total. The van der Waals surface area contributed by atoms with Gasteiger partial charge in [-0.05, 0) is 31.2 Å². The highest BCUT2D eigenvalue weighted by Gasteiger charge is 2.27. The second-order valence-corrected chi connectivity index (χ2v) is 7.56. The lowest BCUT2D eigenvalue weighted by atomic mass is 10.1. The number of anilines is 2. The van der Waals surface area contributed by atoms with Gasteiger partial charge in [-0.15, -0.1) is 11.3 Å². The fourth-order valence-corrected chi connectivity index (χ4v) is 3.67. The van der Waals surface area contributed by atoms with Crippen molar-refractivity contribution in [1.82, 2.24) is 14.9 Å². The molecule has 7 heteroatoms. The van der Waals surface area contributed by atoms with Gasteiger partial charge in [-0.3, -0.25) is 4.79 Å². The zero-order valence-electron chi connectivity index (χ0n) is 15.0. The monoisotopic (exact) mass is 380 g/mol. The van der Waals surface area contributed by atoms with Crippen LogP contribution in [-0.2, 0) is 4.74 Å². The number of rotatable bonds is 4. The zero-order chi connectivity index (χ0) is 18.6. The van der Waals surface area contributed by atoms with Crippen LogP contribution >= 0.6 is 11.3 Å². The minimum absolute atomic E-state index is 0.0245. The Morgan fingerprint density at radius 3 is 2.85 bits per heavy atom. The number of morpholine rings is 1. The third-order valence-corrected chi connectivity index (χ3v) is 5.16. The lowest BCUT2D eigenvalue weighted by Crippen LogP contribution is -2.42. The predicted molar refractivity (Wildman–Crippen MR) is 105 cm³/mol. The summed E-state index contributed by atoms with van der Waals surface area (Å²) in [6.07, 6.45) is 1.58. The molecule has 0 bridgehead atoms. The molecular weight excluding hydrogens is 360 g/mol. The third-order valence-electron chi connectivity index (χ3n) is 4.33. The number of pyridine rings is 1. The molecule has 1 aliphatic heterocycles. The Bertz CT molecular complexity index is 928. The summed E-state index contributed by atoms with van der Waals surface area (Å²) in [4.78, 5) is 24.7. The van der Waals surface area contributed by atoms with E-state index in [1.807, 2.05) is 66.6 Å². The fraction of sp³-hybridized carbons (Fsp3) is 0.250. The number of carbonyl (C=O) groups is 1. The number of carbonyl (C=O) groups excluding carboxylic acids is 1. The van der Waals surface area contributed by atoms with Gasteiger partial charge >= 0.3 is 0 Å². The molecule has 1 saturated heterocycles. The van der Waals surface area contributed by atoms with E-state index in [0.29, 0.717) is 25.3 Å². The molecule has 0 saturated carbocycles. The number of aromatic nitrogens is 2. The van der Waals surface area contributed by atoms with Gasteiger partial charge in [-0.1, -0.05) is 24.3 Å². The number of nitrogens with zero attached hydrogens (tertiary/aromatic N) is 3. The van der Waals surface area contributed by atoms with E-state index in [-0.39, 0.29) is 12.0 Å². The minimum Gasteiger partial charge on any atom is -0.368 e. The molecule has 138 valence electrons. The standard InChI is InChI=1S/C20H20N4O2S/c1-14-12-21-20(27-14)23-18-9-5-8-16(22-18)17-13-24(10-11-26-17)19(25)15-6-3-2-4-7-15/h2-9,12,17H,10-11,13H2,1H3,(H,21,22,23). The Hall–Kier alpha value is -2.77. The van der Waals surface area contributed by atoms with Crippen LogP contribution in [0, 0.1) is 6.92 Å². The molecule has 1 amide bonds. The largest absolute Gasteiger partial charge is 0.368 e. The molecule has 1 unspecified atom stereocenters. The molecule has 0 spiro atoms. The van der Waals surface area contributed by atoms with Gasteiger partial charge in [0.15, 0.2) is 5.13 Å². The van der Waals surface area contributed by atoms with E-state index in [2.05, 4.69) is 15.3 Å². The lowest BCUT2D eigenvalue weighted by molar-refractivity contribution is -0.0246. The first kappa shape index (κ1) is 17.6. The van der Waals surface area contributed by atoms with E-state index in [0.717, 1.165) is 21.5 Å². The van der Waals surface area contributed by atoms with Crippen LogP contribution in [0.5, 0.6) is 0 Å². The van der Waals surface area contributed by atoms with Gasteiger partial charge in [0, 0.05) is 23.2 Å². The topological polar surface area (TPSA) is 67.4 Å². The first-order chi connectivity index (χ1) is 13.2. The first-order valence-electron chi connectivity index (χ1n) is 8.81. The van der Waals surface area contributed by atoms with Crippen molar-refractivity contribution in [2.45, 2.75) is 13.0 Å². The van der Waals surface area contributed by atoms with E-state index in [4.69, 9.17) is 4.74 Å². The van der Waals surface area contributed by atoms with Crippen molar-refractivity contribution in [2.75, 3.05) is 25.0 Å². The maximum absolute atomic E-state index is 12.7. The van der Waals surface area contributed by atoms with Gasteiger partial charge in [0.25, 0.3) is 5.91 Å². The molecular formula is C20H20N4O2S. The van der Waals surface area contributed by atoms with E-state index >= 15 is 0 Å². The van der Waals surface area contributed by atoms with Crippen molar-refractivity contribution < 1.29 is 9.53 Å². The normalized spacial score (nSPS) is 16.9. The first-order valence-corrected chi connectivity index (χ1v) is 9.63. The molecule has 6 nitrogen and oxygen atoms in total. The van der Waals surface area contributed by atoms with Crippen molar-refractivity contribution in [3.8, 4) is 0 Å². The second-order valence-electron chi connectivity index (χ2n) is 6.33. The molecule has 1 aliphatic rings. The van der Waals surface area contributed by atoms with Gasteiger partial charge in [-0.25, -0.2) is 9.97 Å². The van der Waals surface area contributed by atoms with Gasteiger partial charge in [0.1, 0.15) is 11.9 Å². The van der Waals surface area contributed by atoms with Crippen molar-refractivity contribution >= 4 is 28.2 Å². The number of hydrogen-bond acceptors (Lipinski definition) is 6. The van der Waals surface area contributed by atoms with E-state index in [1.165, 1.54) is 0 Å². The molecule has 1 atom stereocenters. The van der Waals surface area contributed by atoms with Crippen molar-refractivity contribution in [1.29, 1.82) is 0 Å². The Morgan fingerprint density at radius 1 is 1.22 bits per heavy atom. The highest BCUT2D eigenvalue weighted by atomic mass is 32.1. The Labute approximate surface area is 161 Å². The summed E-state index contributed by atoms with van der Waals surface area (Å²) in [5.74, 6) is 0.744. The second kappa shape index (κ2) is 7.85. The number of thiazole rings is 1. The molecule has 1 fully saturated rings. The average Bonchev–Trinajstić information content (AvgIpc) is 3.13. The predicted octanol–water partition coefficient (Wildman–Crippen LogP) is 3.80. The maximum atomic E-state index is 12.7. The Balaban J connectivity index is 1.48. The van der Waals surface area contributed by atoms with Gasteiger partial charge in [0.2, 0.25) is 0 Å². The molecule has 3 aromatic rings. The molecule has 1 aromatic carbocycles. The molecule has 0 radical (unpaired) electrons. The van der Waals surface area contributed by atoms with Crippen LogP contribution < -0.4 is 5.32 Å². The number of aryl methyl sites for hydroxylation is 1. The molecule has 3 heterocycles. The summed E-state index contributed by atoms with van der Waals surface area (Å²) in [5, 5.41) is 4.03. The van der Waals surface area contributed by atoms with Crippen molar-refractivity contribution in [3.63, 3.8) is 0 Å². The summed E-state index contributed by atoms with van der Waals surface area (Å²) < 4.78 is 5.89.